The second kappa shape index (κ2) is 5.64. The van der Waals surface area contributed by atoms with Crippen molar-refractivity contribution in [3.8, 4) is 0 Å². The first-order valence-corrected chi connectivity index (χ1v) is 7.25. The van der Waals surface area contributed by atoms with Crippen molar-refractivity contribution in [1.29, 1.82) is 0 Å². The third-order valence-electron chi connectivity index (χ3n) is 3.13. The van der Waals surface area contributed by atoms with Gasteiger partial charge in [0.25, 0.3) is 0 Å². The van der Waals surface area contributed by atoms with Crippen LogP contribution in [0.1, 0.15) is 17.8 Å². The number of hydrogen-bond donors (Lipinski definition) is 1. The zero-order chi connectivity index (χ0) is 14.0. The molecule has 1 saturated heterocycles. The van der Waals surface area contributed by atoms with Gasteiger partial charge in [-0.15, -0.1) is 11.8 Å². The molecule has 0 bridgehead atoms. The first-order valence-electron chi connectivity index (χ1n) is 6.10. The van der Waals surface area contributed by atoms with Crippen molar-refractivity contribution in [3.63, 3.8) is 0 Å². The van der Waals surface area contributed by atoms with Gasteiger partial charge in [0.15, 0.2) is 0 Å². The van der Waals surface area contributed by atoms with Crippen LogP contribution >= 0.6 is 11.8 Å². The second-order valence-electron chi connectivity index (χ2n) is 4.62. The van der Waals surface area contributed by atoms with Gasteiger partial charge in [0, 0.05) is 24.4 Å². The number of carboxylic acid groups (broad SMARTS) is 1. The molecule has 19 heavy (non-hydrogen) atoms. The summed E-state index contributed by atoms with van der Waals surface area (Å²) >= 11 is 1.48. The lowest BCUT2D eigenvalue weighted by molar-refractivity contribution is -0.147. The van der Waals surface area contributed by atoms with E-state index in [9.17, 15) is 9.59 Å². The summed E-state index contributed by atoms with van der Waals surface area (Å²) in [6.45, 7) is 4.34. The number of aromatic nitrogens is 2. The highest BCUT2D eigenvalue weighted by atomic mass is 32.2. The van der Waals surface area contributed by atoms with E-state index in [0.717, 1.165) is 11.4 Å². The van der Waals surface area contributed by atoms with Crippen LogP contribution in [0.15, 0.2) is 6.07 Å². The number of carboxylic acids is 1. The standard InChI is InChI=1S/C12H17N3O3S/c1-8-5-9(2)15(13-8)4-3-11(16)14-7-19-6-10(14)12(17)18/h5,10H,3-4,6-7H2,1-2H3,(H,17,18)/t10-/m0/s1. The number of rotatable bonds is 4. The molecule has 2 rings (SSSR count). The number of nitrogens with zero attached hydrogens (tertiary/aromatic N) is 3. The van der Waals surface area contributed by atoms with Crippen LogP contribution in [0, 0.1) is 13.8 Å². The van der Waals surface area contributed by atoms with E-state index in [1.54, 1.807) is 4.68 Å². The van der Waals surface area contributed by atoms with Gasteiger partial charge in [0.2, 0.25) is 5.91 Å². The Labute approximate surface area is 115 Å². The van der Waals surface area contributed by atoms with Gasteiger partial charge in [-0.3, -0.25) is 9.48 Å². The predicted molar refractivity (Wildman–Crippen MR) is 71.9 cm³/mol. The van der Waals surface area contributed by atoms with Crippen molar-refractivity contribution in [2.24, 2.45) is 0 Å². The molecule has 6 nitrogen and oxygen atoms in total. The number of hydrogen-bond acceptors (Lipinski definition) is 4. The summed E-state index contributed by atoms with van der Waals surface area (Å²) in [6.07, 6.45) is 0.284. The zero-order valence-corrected chi connectivity index (χ0v) is 11.8. The van der Waals surface area contributed by atoms with E-state index in [2.05, 4.69) is 5.10 Å². The maximum absolute atomic E-state index is 12.1. The number of thioether (sulfide) groups is 1. The van der Waals surface area contributed by atoms with Crippen molar-refractivity contribution in [2.45, 2.75) is 32.9 Å². The van der Waals surface area contributed by atoms with Gasteiger partial charge in [-0.1, -0.05) is 0 Å². The van der Waals surface area contributed by atoms with Gasteiger partial charge in [-0.05, 0) is 19.9 Å². The minimum absolute atomic E-state index is 0.120. The zero-order valence-electron chi connectivity index (χ0n) is 11.0. The highest BCUT2D eigenvalue weighted by molar-refractivity contribution is 7.99. The first kappa shape index (κ1) is 13.9. The molecular formula is C12H17N3O3S. The number of carbonyl (C=O) groups is 2. The van der Waals surface area contributed by atoms with E-state index in [0.29, 0.717) is 18.2 Å². The number of carbonyl (C=O) groups excluding carboxylic acids is 1. The molecule has 0 radical (unpaired) electrons. The van der Waals surface area contributed by atoms with Gasteiger partial charge in [0.05, 0.1) is 11.6 Å². The molecule has 0 spiro atoms. The van der Waals surface area contributed by atoms with Crippen LogP contribution in [0.5, 0.6) is 0 Å². The molecule has 0 unspecified atom stereocenters. The summed E-state index contributed by atoms with van der Waals surface area (Å²) in [7, 11) is 0. The molecule has 1 aromatic rings. The van der Waals surface area contributed by atoms with Crippen LogP contribution in [0.25, 0.3) is 0 Å². The lowest BCUT2D eigenvalue weighted by Gasteiger charge is -2.20. The smallest absolute Gasteiger partial charge is 0.327 e. The van der Waals surface area contributed by atoms with Crippen molar-refractivity contribution >= 4 is 23.6 Å². The van der Waals surface area contributed by atoms with E-state index in [1.165, 1.54) is 16.7 Å². The fraction of sp³-hybridized carbons (Fsp3) is 0.583. The summed E-state index contributed by atoms with van der Waals surface area (Å²) in [5.41, 5.74) is 1.93. The topological polar surface area (TPSA) is 75.4 Å². The Kier molecular flexibility index (Phi) is 4.14. The molecule has 0 aliphatic carbocycles. The van der Waals surface area contributed by atoms with Crippen molar-refractivity contribution in [3.05, 3.63) is 17.5 Å². The number of aryl methyl sites for hydroxylation is 3. The summed E-state index contributed by atoms with van der Waals surface area (Å²) in [6, 6.07) is 1.27. The Hall–Kier alpha value is -1.50. The van der Waals surface area contributed by atoms with Crippen LogP contribution < -0.4 is 0 Å². The van der Waals surface area contributed by atoms with Crippen LogP contribution in [0.3, 0.4) is 0 Å². The lowest BCUT2D eigenvalue weighted by atomic mass is 10.2. The highest BCUT2D eigenvalue weighted by Gasteiger charge is 2.34. The average molecular weight is 283 g/mol. The number of amides is 1. The van der Waals surface area contributed by atoms with Crippen molar-refractivity contribution in [1.82, 2.24) is 14.7 Å². The first-order chi connectivity index (χ1) is 8.99. The maximum Gasteiger partial charge on any atom is 0.327 e. The molecule has 0 aromatic carbocycles. The fourth-order valence-corrected chi connectivity index (χ4v) is 3.31. The molecule has 104 valence electrons. The van der Waals surface area contributed by atoms with Gasteiger partial charge in [-0.25, -0.2) is 4.79 Å². The van der Waals surface area contributed by atoms with Crippen molar-refractivity contribution in [2.75, 3.05) is 11.6 Å². The minimum Gasteiger partial charge on any atom is -0.480 e. The minimum atomic E-state index is -0.926. The lowest BCUT2D eigenvalue weighted by Crippen LogP contribution is -2.42. The molecule has 1 N–H and O–H groups in total. The second-order valence-corrected chi connectivity index (χ2v) is 5.62. The quantitative estimate of drug-likeness (QED) is 0.887. The SMILES string of the molecule is Cc1cc(C)n(CCC(=O)N2CSC[C@H]2C(=O)O)n1. The van der Waals surface area contributed by atoms with Gasteiger partial charge in [0.1, 0.15) is 6.04 Å². The third kappa shape index (κ3) is 3.09. The van der Waals surface area contributed by atoms with E-state index in [1.807, 2.05) is 19.9 Å². The molecule has 1 fully saturated rings. The van der Waals surface area contributed by atoms with Crippen LogP contribution in [0.2, 0.25) is 0 Å². The normalized spacial score (nSPS) is 18.8. The Morgan fingerprint density at radius 2 is 2.26 bits per heavy atom. The summed E-state index contributed by atoms with van der Waals surface area (Å²) in [5.74, 6) is -0.108. The Morgan fingerprint density at radius 1 is 1.53 bits per heavy atom. The summed E-state index contributed by atoms with van der Waals surface area (Å²) < 4.78 is 1.78. The Morgan fingerprint density at radius 3 is 2.84 bits per heavy atom. The molecule has 2 heterocycles. The van der Waals surface area contributed by atoms with E-state index < -0.39 is 12.0 Å². The molecule has 1 aliphatic rings. The monoisotopic (exact) mass is 283 g/mol. The van der Waals surface area contributed by atoms with Gasteiger partial charge < -0.3 is 10.0 Å². The molecule has 1 atom stereocenters. The highest BCUT2D eigenvalue weighted by Crippen LogP contribution is 2.22. The van der Waals surface area contributed by atoms with Crippen LogP contribution in [0.4, 0.5) is 0 Å². The summed E-state index contributed by atoms with van der Waals surface area (Å²) in [5, 5.41) is 13.3. The molecule has 0 saturated carbocycles. The van der Waals surface area contributed by atoms with Gasteiger partial charge in [-0.2, -0.15) is 5.10 Å². The van der Waals surface area contributed by atoms with Crippen LogP contribution in [-0.2, 0) is 16.1 Å². The number of aliphatic carboxylic acids is 1. The Bertz CT molecular complexity index is 500. The molecular weight excluding hydrogens is 266 g/mol. The largest absolute Gasteiger partial charge is 0.480 e. The molecule has 1 aliphatic heterocycles. The van der Waals surface area contributed by atoms with Crippen molar-refractivity contribution < 1.29 is 14.7 Å². The van der Waals surface area contributed by atoms with E-state index in [4.69, 9.17) is 5.11 Å². The Balaban J connectivity index is 1.94. The van der Waals surface area contributed by atoms with E-state index >= 15 is 0 Å². The fourth-order valence-electron chi connectivity index (χ4n) is 2.14. The predicted octanol–water partition coefficient (Wildman–Crippen LogP) is 0.876. The van der Waals surface area contributed by atoms with E-state index in [-0.39, 0.29) is 12.3 Å². The van der Waals surface area contributed by atoms with Gasteiger partial charge >= 0.3 is 5.97 Å². The summed E-state index contributed by atoms with van der Waals surface area (Å²) in [4.78, 5) is 24.5. The third-order valence-corrected chi connectivity index (χ3v) is 4.14. The average Bonchev–Trinajstić information content (AvgIpc) is 2.93. The molecule has 7 heteroatoms. The molecule has 1 amide bonds. The van der Waals surface area contributed by atoms with Crippen LogP contribution in [-0.4, -0.2) is 49.3 Å². The maximum atomic E-state index is 12.1. The molecule has 1 aromatic heterocycles.